The highest BCUT2D eigenvalue weighted by atomic mass is 16.5. The number of piperidine rings is 1. The van der Waals surface area contributed by atoms with Gasteiger partial charge in [-0.15, -0.1) is 0 Å². The lowest BCUT2D eigenvalue weighted by molar-refractivity contribution is -0.124. The summed E-state index contributed by atoms with van der Waals surface area (Å²) >= 11 is 0. The van der Waals surface area contributed by atoms with Crippen molar-refractivity contribution in [2.75, 3.05) is 33.4 Å². The molecular weight excluding hydrogens is 406 g/mol. The maximum atomic E-state index is 12.6. The molecule has 32 heavy (non-hydrogen) atoms. The maximum absolute atomic E-state index is 12.6. The summed E-state index contributed by atoms with van der Waals surface area (Å²) in [4.78, 5) is 18.6. The molecule has 7 nitrogen and oxygen atoms in total. The Morgan fingerprint density at radius 2 is 1.91 bits per heavy atom. The van der Waals surface area contributed by atoms with Crippen molar-refractivity contribution in [1.82, 2.24) is 15.2 Å². The van der Waals surface area contributed by atoms with Crippen LogP contribution in [0, 0.1) is 5.92 Å². The van der Waals surface area contributed by atoms with E-state index in [1.165, 1.54) is 0 Å². The van der Waals surface area contributed by atoms with Crippen molar-refractivity contribution < 1.29 is 19.0 Å². The molecule has 0 bridgehead atoms. The summed E-state index contributed by atoms with van der Waals surface area (Å²) < 4.78 is 17.3. The van der Waals surface area contributed by atoms with E-state index >= 15 is 0 Å². The van der Waals surface area contributed by atoms with Gasteiger partial charge in [0.1, 0.15) is 11.5 Å². The number of ether oxygens (including phenoxy) is 3. The van der Waals surface area contributed by atoms with Crippen molar-refractivity contribution in [2.45, 2.75) is 44.2 Å². The molecular formula is C25H33N3O4. The molecule has 2 aliphatic heterocycles. The van der Waals surface area contributed by atoms with Crippen LogP contribution in [0.3, 0.4) is 0 Å². The summed E-state index contributed by atoms with van der Waals surface area (Å²) in [5, 5.41) is 3.03. The highest BCUT2D eigenvalue weighted by molar-refractivity contribution is 5.74. The first kappa shape index (κ1) is 22.4. The van der Waals surface area contributed by atoms with Crippen LogP contribution in [0.4, 0.5) is 4.79 Å². The summed E-state index contributed by atoms with van der Waals surface area (Å²) in [5.74, 6) is 2.29. The van der Waals surface area contributed by atoms with Gasteiger partial charge in [-0.05, 0) is 67.9 Å². The largest absolute Gasteiger partial charge is 0.497 e. The number of amides is 2. The molecule has 7 heteroatoms. The number of carbonyl (C=O) groups is 1. The number of hydrogen-bond donors (Lipinski definition) is 1. The fourth-order valence-electron chi connectivity index (χ4n) is 4.65. The summed E-state index contributed by atoms with van der Waals surface area (Å²) in [6.45, 7) is 3.48. The van der Waals surface area contributed by atoms with Gasteiger partial charge < -0.3 is 24.4 Å². The Morgan fingerprint density at radius 3 is 2.62 bits per heavy atom. The molecule has 2 aromatic rings. The third kappa shape index (κ3) is 5.91. The number of nitrogens with zero attached hydrogens (tertiary/aromatic N) is 2. The van der Waals surface area contributed by atoms with Crippen LogP contribution in [0.25, 0.3) is 0 Å². The first-order valence-electron chi connectivity index (χ1n) is 11.5. The van der Waals surface area contributed by atoms with Crippen LogP contribution in [0.1, 0.15) is 37.7 Å². The number of likely N-dealkylation sites (tertiary alicyclic amines) is 1. The lowest BCUT2D eigenvalue weighted by Crippen LogP contribution is -2.52. The molecule has 1 spiro atoms. The van der Waals surface area contributed by atoms with Crippen LogP contribution in [0.2, 0.25) is 0 Å². The molecule has 1 atom stereocenters. The van der Waals surface area contributed by atoms with Crippen LogP contribution in [0.15, 0.2) is 48.8 Å². The van der Waals surface area contributed by atoms with Gasteiger partial charge in [0.2, 0.25) is 0 Å². The van der Waals surface area contributed by atoms with E-state index in [0.717, 1.165) is 68.9 Å². The molecule has 0 aliphatic carbocycles. The van der Waals surface area contributed by atoms with Gasteiger partial charge in [-0.3, -0.25) is 4.98 Å². The number of urea groups is 1. The van der Waals surface area contributed by atoms with Crippen LogP contribution in [0.5, 0.6) is 11.5 Å². The van der Waals surface area contributed by atoms with Crippen LogP contribution < -0.4 is 14.8 Å². The fraction of sp³-hybridized carbons (Fsp3) is 0.520. The molecule has 172 valence electrons. The van der Waals surface area contributed by atoms with E-state index in [4.69, 9.17) is 14.2 Å². The lowest BCUT2D eigenvalue weighted by Gasteiger charge is -2.46. The van der Waals surface area contributed by atoms with Crippen molar-refractivity contribution >= 4 is 6.03 Å². The summed E-state index contributed by atoms with van der Waals surface area (Å²) in [6, 6.07) is 11.5. The number of rotatable bonds is 7. The Bertz CT molecular complexity index is 851. The van der Waals surface area contributed by atoms with Crippen molar-refractivity contribution in [2.24, 2.45) is 5.92 Å². The van der Waals surface area contributed by atoms with E-state index in [9.17, 15) is 4.79 Å². The van der Waals surface area contributed by atoms with Gasteiger partial charge in [0.25, 0.3) is 0 Å². The van der Waals surface area contributed by atoms with E-state index < -0.39 is 0 Å². The second-order valence-corrected chi connectivity index (χ2v) is 8.70. The minimum absolute atomic E-state index is 0.00576. The molecule has 2 amide bonds. The first-order valence-corrected chi connectivity index (χ1v) is 11.5. The SMILES string of the molecule is COc1ccc(CNC(=O)N2CCC3(CC2)CC(CCOc2ccncc2)CCO3)cc1. The Hall–Kier alpha value is -2.80. The van der Waals surface area contributed by atoms with Crippen molar-refractivity contribution in [3.8, 4) is 11.5 Å². The second kappa shape index (κ2) is 10.7. The van der Waals surface area contributed by atoms with Gasteiger partial charge in [-0.2, -0.15) is 0 Å². The van der Waals surface area contributed by atoms with E-state index in [0.29, 0.717) is 19.1 Å². The van der Waals surface area contributed by atoms with Gasteiger partial charge in [-0.1, -0.05) is 12.1 Å². The lowest BCUT2D eigenvalue weighted by atomic mass is 9.78. The summed E-state index contributed by atoms with van der Waals surface area (Å²) in [7, 11) is 1.65. The van der Waals surface area contributed by atoms with E-state index in [1.54, 1.807) is 19.5 Å². The average molecular weight is 440 g/mol. The third-order valence-corrected chi connectivity index (χ3v) is 6.60. The highest BCUT2D eigenvalue weighted by Gasteiger charge is 2.41. The first-order chi connectivity index (χ1) is 15.7. The van der Waals surface area contributed by atoms with Crippen LogP contribution in [-0.4, -0.2) is 54.9 Å². The topological polar surface area (TPSA) is 72.9 Å². The number of benzene rings is 1. The molecule has 1 aromatic heterocycles. The fourth-order valence-corrected chi connectivity index (χ4v) is 4.65. The molecule has 1 unspecified atom stereocenters. The zero-order valence-electron chi connectivity index (χ0n) is 18.8. The van der Waals surface area contributed by atoms with Crippen LogP contribution >= 0.6 is 0 Å². The number of pyridine rings is 1. The van der Waals surface area contributed by atoms with Crippen LogP contribution in [-0.2, 0) is 11.3 Å². The number of methoxy groups -OCH3 is 1. The van der Waals surface area contributed by atoms with Gasteiger partial charge in [0.15, 0.2) is 0 Å². The molecule has 2 fully saturated rings. The molecule has 2 aliphatic rings. The Labute approximate surface area is 190 Å². The number of carbonyl (C=O) groups excluding carboxylic acids is 1. The number of aromatic nitrogens is 1. The molecule has 4 rings (SSSR count). The monoisotopic (exact) mass is 439 g/mol. The standard InChI is InChI=1S/C25H33N3O4/c1-30-22-4-2-21(3-5-22)19-27-24(29)28-14-10-25(11-15-28)18-20(9-17-32-25)8-16-31-23-6-12-26-13-7-23/h2-7,12-13,20H,8-11,14-19H2,1H3,(H,27,29). The summed E-state index contributed by atoms with van der Waals surface area (Å²) in [5.41, 5.74) is 0.965. The molecule has 0 radical (unpaired) electrons. The van der Waals surface area contributed by atoms with E-state index in [1.807, 2.05) is 41.3 Å². The van der Waals surface area contributed by atoms with E-state index in [-0.39, 0.29) is 11.6 Å². The molecule has 3 heterocycles. The van der Waals surface area contributed by atoms with Gasteiger partial charge in [-0.25, -0.2) is 4.79 Å². The van der Waals surface area contributed by atoms with Crippen molar-refractivity contribution in [1.29, 1.82) is 0 Å². The van der Waals surface area contributed by atoms with Gasteiger partial charge >= 0.3 is 6.03 Å². The van der Waals surface area contributed by atoms with E-state index in [2.05, 4.69) is 10.3 Å². The normalized spacial score (nSPS) is 20.0. The minimum atomic E-state index is -0.0909. The Kier molecular flexibility index (Phi) is 7.47. The highest BCUT2D eigenvalue weighted by Crippen LogP contribution is 2.38. The average Bonchev–Trinajstić information content (AvgIpc) is 2.84. The van der Waals surface area contributed by atoms with Crippen molar-refractivity contribution in [3.05, 3.63) is 54.4 Å². The summed E-state index contributed by atoms with van der Waals surface area (Å²) in [6.07, 6.45) is 8.44. The molecule has 0 saturated carbocycles. The smallest absolute Gasteiger partial charge is 0.317 e. The molecule has 1 aromatic carbocycles. The third-order valence-electron chi connectivity index (χ3n) is 6.60. The maximum Gasteiger partial charge on any atom is 0.317 e. The van der Waals surface area contributed by atoms with Gasteiger partial charge in [0, 0.05) is 38.6 Å². The number of hydrogen-bond acceptors (Lipinski definition) is 5. The quantitative estimate of drug-likeness (QED) is 0.705. The minimum Gasteiger partial charge on any atom is -0.497 e. The predicted octanol–water partition coefficient (Wildman–Crippen LogP) is 4.03. The van der Waals surface area contributed by atoms with Gasteiger partial charge in [0.05, 0.1) is 19.3 Å². The zero-order chi connectivity index (χ0) is 22.2. The van der Waals surface area contributed by atoms with Crippen molar-refractivity contribution in [3.63, 3.8) is 0 Å². The second-order valence-electron chi connectivity index (χ2n) is 8.70. The Morgan fingerprint density at radius 1 is 1.16 bits per heavy atom. The molecule has 1 N–H and O–H groups in total. The predicted molar refractivity (Wildman–Crippen MR) is 122 cm³/mol. The zero-order valence-corrected chi connectivity index (χ0v) is 18.8. The number of nitrogens with one attached hydrogen (secondary N) is 1. The molecule has 2 saturated heterocycles. The Balaban J connectivity index is 1.19.